The number of benzene rings is 1. The molecule has 1 unspecified atom stereocenters. The average Bonchev–Trinajstić information content (AvgIpc) is 3.38. The minimum absolute atomic E-state index is 0.00405. The van der Waals surface area contributed by atoms with Gasteiger partial charge < -0.3 is 10.5 Å². The first-order chi connectivity index (χ1) is 15.3. The molecule has 3 heterocycles. The van der Waals surface area contributed by atoms with Crippen LogP contribution < -0.4 is 5.73 Å². The van der Waals surface area contributed by atoms with Crippen LogP contribution in [0, 0.1) is 0 Å². The lowest BCUT2D eigenvalue weighted by molar-refractivity contribution is -0.157. The summed E-state index contributed by atoms with van der Waals surface area (Å²) in [4.78, 5) is 67.2. The summed E-state index contributed by atoms with van der Waals surface area (Å²) in [6.45, 7) is 3.19. The quantitative estimate of drug-likeness (QED) is 0.381. The molecule has 10 nitrogen and oxygen atoms in total. The van der Waals surface area contributed by atoms with Gasteiger partial charge in [0.15, 0.2) is 0 Å². The second-order valence-corrected chi connectivity index (χ2v) is 8.31. The molecule has 1 aromatic carbocycles. The lowest BCUT2D eigenvalue weighted by atomic mass is 10.0. The molecule has 0 aromatic heterocycles. The van der Waals surface area contributed by atoms with Gasteiger partial charge in [0.05, 0.1) is 17.7 Å². The standard InChI is InChI=1S/C22H26N4O6/c1-13(24-8-2-3-9-24)22(31)32-11-10-25-18(27)7-6-17(21(25)30)26-19(28)15-5-4-14(23)12-16(15)20(26)29/h4-5,12-13,17H,2-3,6-11,23H2,1H3/t13-,17?/m0/s1. The van der Waals surface area contributed by atoms with Crippen molar-refractivity contribution in [3.8, 4) is 0 Å². The number of carbonyl (C=O) groups excluding carboxylic acids is 5. The summed E-state index contributed by atoms with van der Waals surface area (Å²) in [5, 5.41) is 0. The van der Waals surface area contributed by atoms with E-state index in [1.54, 1.807) is 6.92 Å². The van der Waals surface area contributed by atoms with Crippen LogP contribution in [0.2, 0.25) is 0 Å². The predicted molar refractivity (Wildman–Crippen MR) is 112 cm³/mol. The van der Waals surface area contributed by atoms with Gasteiger partial charge >= 0.3 is 5.97 Å². The van der Waals surface area contributed by atoms with Gasteiger partial charge in [0.2, 0.25) is 5.91 Å². The largest absolute Gasteiger partial charge is 0.463 e. The van der Waals surface area contributed by atoms with Crippen LogP contribution in [0.1, 0.15) is 53.3 Å². The van der Waals surface area contributed by atoms with E-state index in [4.69, 9.17) is 10.5 Å². The van der Waals surface area contributed by atoms with E-state index in [9.17, 15) is 24.0 Å². The van der Waals surface area contributed by atoms with Crippen molar-refractivity contribution >= 4 is 35.3 Å². The van der Waals surface area contributed by atoms with E-state index >= 15 is 0 Å². The second kappa shape index (κ2) is 8.70. The van der Waals surface area contributed by atoms with E-state index in [0.29, 0.717) is 5.69 Å². The highest BCUT2D eigenvalue weighted by atomic mass is 16.5. The van der Waals surface area contributed by atoms with E-state index in [1.165, 1.54) is 18.2 Å². The van der Waals surface area contributed by atoms with E-state index in [-0.39, 0.29) is 43.2 Å². The van der Waals surface area contributed by atoms with Gasteiger partial charge in [0.1, 0.15) is 18.7 Å². The Morgan fingerprint density at radius 2 is 1.81 bits per heavy atom. The van der Waals surface area contributed by atoms with Gasteiger partial charge in [-0.3, -0.25) is 38.7 Å². The van der Waals surface area contributed by atoms with Gasteiger partial charge in [0, 0.05) is 12.1 Å². The van der Waals surface area contributed by atoms with Crippen molar-refractivity contribution in [3.05, 3.63) is 29.3 Å². The SMILES string of the molecule is C[C@@H](C(=O)OCCN1C(=O)CCC(N2C(=O)c3ccc(N)cc3C2=O)C1=O)N1CCCC1. The number of fused-ring (bicyclic) bond motifs is 1. The summed E-state index contributed by atoms with van der Waals surface area (Å²) < 4.78 is 5.29. The van der Waals surface area contributed by atoms with Crippen molar-refractivity contribution in [2.75, 3.05) is 32.0 Å². The number of ether oxygens (including phenoxy) is 1. The third-order valence-corrected chi connectivity index (χ3v) is 6.33. The molecule has 0 saturated carbocycles. The third-order valence-electron chi connectivity index (χ3n) is 6.33. The Morgan fingerprint density at radius 1 is 1.12 bits per heavy atom. The summed E-state index contributed by atoms with van der Waals surface area (Å²) in [5.74, 6) is -2.65. The first-order valence-corrected chi connectivity index (χ1v) is 10.8. The highest BCUT2D eigenvalue weighted by molar-refractivity contribution is 6.23. The van der Waals surface area contributed by atoms with Crippen LogP contribution >= 0.6 is 0 Å². The number of esters is 1. The molecule has 1 aromatic rings. The first kappa shape index (κ1) is 21.9. The molecule has 0 aliphatic carbocycles. The zero-order chi connectivity index (χ0) is 23.0. The molecule has 32 heavy (non-hydrogen) atoms. The van der Waals surface area contributed by atoms with Crippen molar-refractivity contribution < 1.29 is 28.7 Å². The van der Waals surface area contributed by atoms with Crippen LogP contribution in [0.15, 0.2) is 18.2 Å². The molecular formula is C22H26N4O6. The highest BCUT2D eigenvalue weighted by Crippen LogP contribution is 2.30. The number of hydrogen-bond acceptors (Lipinski definition) is 8. The second-order valence-electron chi connectivity index (χ2n) is 8.31. The molecule has 0 radical (unpaired) electrons. The zero-order valence-electron chi connectivity index (χ0n) is 17.9. The van der Waals surface area contributed by atoms with Crippen LogP contribution in [0.25, 0.3) is 0 Å². The van der Waals surface area contributed by atoms with Gasteiger partial charge in [-0.1, -0.05) is 0 Å². The Hall–Kier alpha value is -3.27. The molecule has 2 saturated heterocycles. The van der Waals surface area contributed by atoms with Gasteiger partial charge in [-0.2, -0.15) is 0 Å². The molecule has 0 spiro atoms. The molecule has 170 valence electrons. The predicted octanol–water partition coefficient (Wildman–Crippen LogP) is 0.410. The molecule has 4 amide bonds. The fraction of sp³-hybridized carbons (Fsp3) is 0.500. The topological polar surface area (TPSA) is 130 Å². The Labute approximate surface area is 185 Å². The Morgan fingerprint density at radius 3 is 2.53 bits per heavy atom. The molecule has 3 aliphatic heterocycles. The maximum absolute atomic E-state index is 13.0. The van der Waals surface area contributed by atoms with E-state index in [2.05, 4.69) is 0 Å². The van der Waals surface area contributed by atoms with E-state index in [1.807, 2.05) is 4.90 Å². The van der Waals surface area contributed by atoms with Crippen LogP contribution in [-0.4, -0.2) is 82.6 Å². The normalized spacial score (nSPS) is 22.5. The molecule has 3 aliphatic rings. The number of imide groups is 2. The number of likely N-dealkylation sites (tertiary alicyclic amines) is 2. The number of piperidine rings is 1. The summed E-state index contributed by atoms with van der Waals surface area (Å²) in [6, 6.07) is 2.92. The number of rotatable bonds is 6. The molecular weight excluding hydrogens is 416 g/mol. The van der Waals surface area contributed by atoms with Crippen molar-refractivity contribution in [3.63, 3.8) is 0 Å². The Kier molecular flexibility index (Phi) is 5.96. The summed E-state index contributed by atoms with van der Waals surface area (Å²) in [6.07, 6.45) is 2.14. The number of nitrogens with zero attached hydrogens (tertiary/aromatic N) is 3. The molecule has 4 rings (SSSR count). The summed E-state index contributed by atoms with van der Waals surface area (Å²) in [5.41, 5.74) is 6.40. The number of hydrogen-bond donors (Lipinski definition) is 1. The number of nitrogens with two attached hydrogens (primary N) is 1. The van der Waals surface area contributed by atoms with Gasteiger partial charge in [0.25, 0.3) is 17.7 Å². The maximum Gasteiger partial charge on any atom is 0.323 e. The lowest BCUT2D eigenvalue weighted by Gasteiger charge is -2.34. The number of carbonyl (C=O) groups is 5. The maximum atomic E-state index is 13.0. The van der Waals surface area contributed by atoms with E-state index < -0.39 is 35.6 Å². The summed E-state index contributed by atoms with van der Waals surface area (Å²) >= 11 is 0. The van der Waals surface area contributed by atoms with Crippen LogP contribution in [-0.2, 0) is 19.1 Å². The number of nitrogen functional groups attached to an aromatic ring is 1. The summed E-state index contributed by atoms with van der Waals surface area (Å²) in [7, 11) is 0. The monoisotopic (exact) mass is 442 g/mol. The minimum atomic E-state index is -1.08. The van der Waals surface area contributed by atoms with Gasteiger partial charge in [-0.05, 0) is 57.5 Å². The number of amides is 4. The molecule has 0 bridgehead atoms. The van der Waals surface area contributed by atoms with Crippen molar-refractivity contribution in [2.45, 2.75) is 44.7 Å². The van der Waals surface area contributed by atoms with Crippen molar-refractivity contribution in [1.82, 2.24) is 14.7 Å². The third kappa shape index (κ3) is 3.86. The fourth-order valence-electron chi connectivity index (χ4n) is 4.49. The highest BCUT2D eigenvalue weighted by Gasteiger charge is 2.47. The van der Waals surface area contributed by atoms with Crippen molar-refractivity contribution in [2.24, 2.45) is 0 Å². The lowest BCUT2D eigenvalue weighted by Crippen LogP contribution is -2.56. The minimum Gasteiger partial charge on any atom is -0.463 e. The Bertz CT molecular complexity index is 987. The average molecular weight is 442 g/mol. The number of anilines is 1. The zero-order valence-corrected chi connectivity index (χ0v) is 17.9. The van der Waals surface area contributed by atoms with Crippen LogP contribution in [0.5, 0.6) is 0 Å². The smallest absolute Gasteiger partial charge is 0.323 e. The van der Waals surface area contributed by atoms with Crippen LogP contribution in [0.4, 0.5) is 5.69 Å². The van der Waals surface area contributed by atoms with Gasteiger partial charge in [-0.15, -0.1) is 0 Å². The van der Waals surface area contributed by atoms with Gasteiger partial charge in [-0.25, -0.2) is 0 Å². The fourth-order valence-corrected chi connectivity index (χ4v) is 4.49. The molecule has 2 atom stereocenters. The Balaban J connectivity index is 1.40. The molecule has 10 heteroatoms. The van der Waals surface area contributed by atoms with Crippen molar-refractivity contribution in [1.29, 1.82) is 0 Å². The van der Waals surface area contributed by atoms with E-state index in [0.717, 1.165) is 35.7 Å². The first-order valence-electron chi connectivity index (χ1n) is 10.8. The molecule has 2 fully saturated rings. The molecule has 2 N–H and O–H groups in total. The van der Waals surface area contributed by atoms with Crippen LogP contribution in [0.3, 0.4) is 0 Å².